The van der Waals surface area contributed by atoms with Crippen LogP contribution in [0, 0.1) is 5.82 Å². The van der Waals surface area contributed by atoms with Gasteiger partial charge >= 0.3 is 6.18 Å². The van der Waals surface area contributed by atoms with Crippen LogP contribution in [-0.4, -0.2) is 11.3 Å². The third kappa shape index (κ3) is 2.80. The number of alkyl halides is 3. The highest BCUT2D eigenvalue weighted by atomic mass is 35.5. The minimum absolute atomic E-state index is 0.00917. The van der Waals surface area contributed by atoms with E-state index in [0.29, 0.717) is 12.3 Å². The lowest BCUT2D eigenvalue weighted by molar-refractivity contribution is -0.137. The van der Waals surface area contributed by atoms with Crippen molar-refractivity contribution in [3.05, 3.63) is 52.4 Å². The number of rotatable bonds is 2. The van der Waals surface area contributed by atoms with Crippen LogP contribution < -0.4 is 0 Å². The summed E-state index contributed by atoms with van der Waals surface area (Å²) in [6.45, 7) is 0. The van der Waals surface area contributed by atoms with Gasteiger partial charge in [-0.1, -0.05) is 11.6 Å². The van der Waals surface area contributed by atoms with Crippen LogP contribution in [-0.2, 0) is 6.18 Å². The van der Waals surface area contributed by atoms with Gasteiger partial charge in [-0.15, -0.1) is 0 Å². The van der Waals surface area contributed by atoms with Gasteiger partial charge in [0.1, 0.15) is 5.82 Å². The van der Waals surface area contributed by atoms with E-state index in [9.17, 15) is 22.4 Å². The highest BCUT2D eigenvalue weighted by Crippen LogP contribution is 2.32. The fourth-order valence-corrected chi connectivity index (χ4v) is 1.79. The molecule has 2 nitrogen and oxygen atoms in total. The number of nitrogens with zero attached hydrogens (tertiary/aromatic N) is 1. The Balaban J connectivity index is 2.57. The van der Waals surface area contributed by atoms with Crippen LogP contribution in [0.2, 0.25) is 5.02 Å². The molecule has 0 amide bonds. The van der Waals surface area contributed by atoms with Gasteiger partial charge in [0, 0.05) is 17.3 Å². The molecule has 104 valence electrons. The largest absolute Gasteiger partial charge is 0.417 e. The van der Waals surface area contributed by atoms with Crippen LogP contribution in [0.15, 0.2) is 30.5 Å². The summed E-state index contributed by atoms with van der Waals surface area (Å²) in [4.78, 5) is 14.5. The number of pyridine rings is 1. The topological polar surface area (TPSA) is 30.0 Å². The summed E-state index contributed by atoms with van der Waals surface area (Å²) in [6.07, 6.45) is -3.72. The molecule has 0 radical (unpaired) electrons. The molecule has 0 aliphatic carbocycles. The summed E-state index contributed by atoms with van der Waals surface area (Å²) in [5.41, 5.74) is -1.01. The molecule has 0 unspecified atom stereocenters. The maximum absolute atomic E-state index is 13.0. The standard InChI is InChI=1S/C13H6ClF4NO/c14-10-4-7(1-2-11(10)15)12-8(6-20)3-9(5-19-12)13(16,17)18/h1-6H. The average Bonchev–Trinajstić information content (AvgIpc) is 2.40. The summed E-state index contributed by atoms with van der Waals surface area (Å²) in [5, 5.41) is -0.207. The molecular formula is C13H6ClF4NO. The van der Waals surface area contributed by atoms with Gasteiger partial charge in [0.25, 0.3) is 0 Å². The fourth-order valence-electron chi connectivity index (χ4n) is 1.61. The zero-order valence-corrected chi connectivity index (χ0v) is 10.5. The van der Waals surface area contributed by atoms with Gasteiger partial charge < -0.3 is 0 Å². The Morgan fingerprint density at radius 1 is 1.20 bits per heavy atom. The molecule has 0 aliphatic heterocycles. The first kappa shape index (κ1) is 14.5. The van der Waals surface area contributed by atoms with E-state index in [4.69, 9.17) is 11.6 Å². The molecule has 2 rings (SSSR count). The van der Waals surface area contributed by atoms with Crippen molar-refractivity contribution in [3.8, 4) is 11.3 Å². The van der Waals surface area contributed by atoms with E-state index in [1.165, 1.54) is 12.1 Å². The first-order valence-corrected chi connectivity index (χ1v) is 5.68. The number of carbonyl (C=O) groups is 1. The number of aromatic nitrogens is 1. The van der Waals surface area contributed by atoms with E-state index in [2.05, 4.69) is 4.98 Å². The molecule has 0 fully saturated rings. The van der Waals surface area contributed by atoms with Gasteiger partial charge in [-0.05, 0) is 24.3 Å². The summed E-state index contributed by atoms with van der Waals surface area (Å²) in [5.74, 6) is -0.671. The van der Waals surface area contributed by atoms with E-state index >= 15 is 0 Å². The Hall–Kier alpha value is -1.95. The number of aldehydes is 1. The van der Waals surface area contributed by atoms with E-state index in [-0.39, 0.29) is 28.1 Å². The van der Waals surface area contributed by atoms with Crippen molar-refractivity contribution in [2.45, 2.75) is 6.18 Å². The molecule has 0 spiro atoms. The molecule has 0 saturated carbocycles. The van der Waals surface area contributed by atoms with Crippen molar-refractivity contribution >= 4 is 17.9 Å². The van der Waals surface area contributed by atoms with Gasteiger partial charge in [0.15, 0.2) is 6.29 Å². The molecule has 7 heteroatoms. The summed E-state index contributed by atoms with van der Waals surface area (Å²) >= 11 is 5.59. The van der Waals surface area contributed by atoms with E-state index in [0.717, 1.165) is 6.07 Å². The second-order valence-corrected chi connectivity index (χ2v) is 4.31. The second kappa shape index (κ2) is 5.20. The minimum atomic E-state index is -4.59. The lowest BCUT2D eigenvalue weighted by Gasteiger charge is -2.10. The average molecular weight is 304 g/mol. The zero-order valence-electron chi connectivity index (χ0n) is 9.71. The predicted molar refractivity (Wildman–Crippen MR) is 65.0 cm³/mol. The van der Waals surface area contributed by atoms with Crippen molar-refractivity contribution in [1.29, 1.82) is 0 Å². The van der Waals surface area contributed by atoms with Gasteiger partial charge in [0.2, 0.25) is 0 Å². The van der Waals surface area contributed by atoms with E-state index in [1.54, 1.807) is 0 Å². The first-order chi connectivity index (χ1) is 9.32. The number of halogens is 5. The van der Waals surface area contributed by atoms with Crippen molar-refractivity contribution < 1.29 is 22.4 Å². The number of hydrogen-bond acceptors (Lipinski definition) is 2. The zero-order chi connectivity index (χ0) is 14.9. The Morgan fingerprint density at radius 3 is 2.45 bits per heavy atom. The summed E-state index contributed by atoms with van der Waals surface area (Å²) < 4.78 is 50.6. The van der Waals surface area contributed by atoms with Crippen LogP contribution in [0.5, 0.6) is 0 Å². The summed E-state index contributed by atoms with van der Waals surface area (Å²) in [6, 6.07) is 4.21. The van der Waals surface area contributed by atoms with Crippen molar-refractivity contribution in [2.75, 3.05) is 0 Å². The molecule has 1 aromatic heterocycles. The Labute approximate surface area is 116 Å². The molecule has 1 heterocycles. The maximum Gasteiger partial charge on any atom is 0.417 e. The molecule has 0 N–H and O–H groups in total. The Bertz CT molecular complexity index is 670. The van der Waals surface area contributed by atoms with Gasteiger partial charge in [0.05, 0.1) is 16.3 Å². The Kier molecular flexibility index (Phi) is 3.76. The second-order valence-electron chi connectivity index (χ2n) is 3.91. The van der Waals surface area contributed by atoms with Gasteiger partial charge in [-0.3, -0.25) is 9.78 Å². The van der Waals surface area contributed by atoms with Gasteiger partial charge in [-0.25, -0.2) is 4.39 Å². The molecule has 0 aliphatic rings. The van der Waals surface area contributed by atoms with Crippen molar-refractivity contribution in [2.24, 2.45) is 0 Å². The molecule has 0 bridgehead atoms. The molecule has 0 saturated heterocycles. The molecule has 20 heavy (non-hydrogen) atoms. The fraction of sp³-hybridized carbons (Fsp3) is 0.0769. The lowest BCUT2D eigenvalue weighted by Crippen LogP contribution is -2.07. The predicted octanol–water partition coefficient (Wildman–Crippen LogP) is 4.37. The van der Waals surface area contributed by atoms with E-state index < -0.39 is 17.6 Å². The van der Waals surface area contributed by atoms with Crippen LogP contribution in [0.3, 0.4) is 0 Å². The normalized spacial score (nSPS) is 11.4. The minimum Gasteiger partial charge on any atom is -0.298 e. The van der Waals surface area contributed by atoms with E-state index in [1.807, 2.05) is 0 Å². The van der Waals surface area contributed by atoms with Crippen LogP contribution >= 0.6 is 11.6 Å². The van der Waals surface area contributed by atoms with Crippen LogP contribution in [0.25, 0.3) is 11.3 Å². The van der Waals surface area contributed by atoms with Crippen molar-refractivity contribution in [3.63, 3.8) is 0 Å². The molecule has 1 aromatic carbocycles. The number of hydrogen-bond donors (Lipinski definition) is 0. The quantitative estimate of drug-likeness (QED) is 0.609. The first-order valence-electron chi connectivity index (χ1n) is 5.31. The Morgan fingerprint density at radius 2 is 1.90 bits per heavy atom. The smallest absolute Gasteiger partial charge is 0.298 e. The molecule has 2 aromatic rings. The summed E-state index contributed by atoms with van der Waals surface area (Å²) in [7, 11) is 0. The highest BCUT2D eigenvalue weighted by molar-refractivity contribution is 6.31. The van der Waals surface area contributed by atoms with Gasteiger partial charge in [-0.2, -0.15) is 13.2 Å². The lowest BCUT2D eigenvalue weighted by atomic mass is 10.0. The molecule has 0 atom stereocenters. The maximum atomic E-state index is 13.0. The van der Waals surface area contributed by atoms with Crippen LogP contribution in [0.1, 0.15) is 15.9 Å². The molecular weight excluding hydrogens is 298 g/mol. The number of benzene rings is 1. The third-order valence-corrected chi connectivity index (χ3v) is 2.85. The SMILES string of the molecule is O=Cc1cc(C(F)(F)F)cnc1-c1ccc(F)c(Cl)c1. The number of carbonyl (C=O) groups excluding carboxylic acids is 1. The van der Waals surface area contributed by atoms with Crippen molar-refractivity contribution in [1.82, 2.24) is 4.98 Å². The van der Waals surface area contributed by atoms with Crippen LogP contribution in [0.4, 0.5) is 17.6 Å². The highest BCUT2D eigenvalue weighted by Gasteiger charge is 2.31. The monoisotopic (exact) mass is 303 g/mol. The third-order valence-electron chi connectivity index (χ3n) is 2.56.